The van der Waals surface area contributed by atoms with E-state index in [9.17, 15) is 13.5 Å². The Morgan fingerprint density at radius 2 is 1.92 bits per heavy atom. The highest BCUT2D eigenvalue weighted by Gasteiger charge is 2.36. The van der Waals surface area contributed by atoms with Gasteiger partial charge in [0.15, 0.2) is 0 Å². The molecule has 3 rings (SSSR count). The highest BCUT2D eigenvalue weighted by molar-refractivity contribution is 7.91. The molecule has 0 saturated heterocycles. The van der Waals surface area contributed by atoms with Crippen molar-refractivity contribution >= 4 is 21.4 Å². The van der Waals surface area contributed by atoms with Crippen molar-refractivity contribution in [2.45, 2.75) is 30.1 Å². The Morgan fingerprint density at radius 1 is 1.23 bits per heavy atom. The molecule has 26 heavy (non-hydrogen) atoms. The molecule has 0 aliphatic rings. The Kier molecular flexibility index (Phi) is 5.03. The van der Waals surface area contributed by atoms with Gasteiger partial charge in [-0.05, 0) is 29.2 Å². The summed E-state index contributed by atoms with van der Waals surface area (Å²) in [5, 5.41) is 16.4. The predicted molar refractivity (Wildman–Crippen MR) is 101 cm³/mol. The molecule has 0 saturated carbocycles. The molecule has 1 aromatic carbocycles. The Bertz CT molecular complexity index is 977. The molecule has 2 aromatic heterocycles. The molecule has 138 valence electrons. The number of aromatic nitrogens is 2. The van der Waals surface area contributed by atoms with Gasteiger partial charge in [-0.25, -0.2) is 18.5 Å². The average molecular weight is 392 g/mol. The summed E-state index contributed by atoms with van der Waals surface area (Å²) >= 11 is 1.17. The van der Waals surface area contributed by atoms with Crippen LogP contribution in [0, 0.1) is 5.92 Å². The van der Waals surface area contributed by atoms with Gasteiger partial charge in [0.25, 0.3) is 0 Å². The fourth-order valence-electron chi connectivity index (χ4n) is 2.95. The second-order valence-corrected chi connectivity index (χ2v) is 9.48. The number of rotatable bonds is 6. The number of nitrogens with two attached hydrogens (primary N) is 1. The van der Waals surface area contributed by atoms with Crippen LogP contribution in [0.5, 0.6) is 0 Å². The smallest absolute Gasteiger partial charge is 0.247 e. The predicted octanol–water partition coefficient (Wildman–Crippen LogP) is 2.60. The summed E-state index contributed by atoms with van der Waals surface area (Å²) in [4.78, 5) is 7.93. The number of aromatic amines is 1. The van der Waals surface area contributed by atoms with Crippen molar-refractivity contribution in [2.24, 2.45) is 11.1 Å². The molecule has 3 aromatic rings. The molecule has 1 unspecified atom stereocenters. The maximum absolute atomic E-state index is 11.4. The van der Waals surface area contributed by atoms with E-state index in [2.05, 4.69) is 9.97 Å². The van der Waals surface area contributed by atoms with E-state index in [1.54, 1.807) is 18.6 Å². The van der Waals surface area contributed by atoms with Gasteiger partial charge in [0, 0.05) is 11.3 Å². The Hall–Kier alpha value is -2.00. The van der Waals surface area contributed by atoms with Crippen molar-refractivity contribution in [2.75, 3.05) is 0 Å². The van der Waals surface area contributed by atoms with Gasteiger partial charge in [-0.1, -0.05) is 38.1 Å². The summed E-state index contributed by atoms with van der Waals surface area (Å²) in [5.74, 6) is -0.0524. The zero-order chi connectivity index (χ0) is 18.9. The van der Waals surface area contributed by atoms with Crippen LogP contribution in [0.15, 0.2) is 53.1 Å². The largest absolute Gasteiger partial charge is 0.379 e. The first-order valence-corrected chi connectivity index (χ1v) is 10.5. The number of imidazole rings is 1. The Balaban J connectivity index is 1.85. The number of thiophene rings is 1. The molecule has 1 atom stereocenters. The van der Waals surface area contributed by atoms with Crippen LogP contribution in [0.3, 0.4) is 0 Å². The number of primary sulfonamides is 1. The number of benzene rings is 1. The van der Waals surface area contributed by atoms with Crippen molar-refractivity contribution < 1.29 is 13.5 Å². The molecule has 4 N–H and O–H groups in total. The minimum atomic E-state index is -3.66. The lowest BCUT2D eigenvalue weighted by Gasteiger charge is -2.31. The summed E-state index contributed by atoms with van der Waals surface area (Å²) in [6.45, 7) is 3.91. The third kappa shape index (κ3) is 3.59. The minimum absolute atomic E-state index is 0.0524. The molecule has 0 fully saturated rings. The van der Waals surface area contributed by atoms with Crippen LogP contribution in [0.2, 0.25) is 0 Å². The van der Waals surface area contributed by atoms with Gasteiger partial charge in [-0.3, -0.25) is 0 Å². The average Bonchev–Trinajstić information content (AvgIpc) is 3.26. The molecular formula is C18H21N3O3S2. The van der Waals surface area contributed by atoms with Crippen molar-refractivity contribution in [3.05, 3.63) is 70.6 Å². The fourth-order valence-corrected chi connectivity index (χ4v) is 4.76. The van der Waals surface area contributed by atoms with Gasteiger partial charge < -0.3 is 10.1 Å². The van der Waals surface area contributed by atoms with Crippen LogP contribution >= 0.6 is 11.3 Å². The molecule has 8 heteroatoms. The zero-order valence-electron chi connectivity index (χ0n) is 14.5. The van der Waals surface area contributed by atoms with Crippen molar-refractivity contribution in [1.29, 1.82) is 0 Å². The number of hydrogen-bond donors (Lipinski definition) is 3. The third-order valence-electron chi connectivity index (χ3n) is 4.43. The fraction of sp³-hybridized carbons (Fsp3) is 0.278. The third-order valence-corrected chi connectivity index (χ3v) is 6.96. The van der Waals surface area contributed by atoms with Gasteiger partial charge in [-0.2, -0.15) is 0 Å². The van der Waals surface area contributed by atoms with Crippen molar-refractivity contribution in [1.82, 2.24) is 9.97 Å². The number of aliphatic hydroxyl groups is 1. The molecule has 0 amide bonds. The second kappa shape index (κ2) is 6.96. The minimum Gasteiger partial charge on any atom is -0.379 e. The first kappa shape index (κ1) is 18.8. The summed E-state index contributed by atoms with van der Waals surface area (Å²) in [7, 11) is -3.66. The normalized spacial score (nSPS) is 14.5. The van der Waals surface area contributed by atoms with Gasteiger partial charge in [-0.15, -0.1) is 11.3 Å². The van der Waals surface area contributed by atoms with E-state index in [4.69, 9.17) is 5.14 Å². The monoisotopic (exact) mass is 391 g/mol. The summed E-state index contributed by atoms with van der Waals surface area (Å²) < 4.78 is 22.9. The number of nitrogens with zero attached hydrogens (tertiary/aromatic N) is 1. The van der Waals surface area contributed by atoms with E-state index in [0.29, 0.717) is 12.1 Å². The Labute approximate surface area is 156 Å². The van der Waals surface area contributed by atoms with Crippen LogP contribution in [0.1, 0.15) is 35.5 Å². The molecular weight excluding hydrogens is 370 g/mol. The lowest BCUT2D eigenvalue weighted by atomic mass is 9.80. The Morgan fingerprint density at radius 3 is 2.42 bits per heavy atom. The lowest BCUT2D eigenvalue weighted by molar-refractivity contribution is 0.0279. The van der Waals surface area contributed by atoms with Gasteiger partial charge in [0.05, 0.1) is 18.2 Å². The molecule has 0 spiro atoms. The second-order valence-electron chi connectivity index (χ2n) is 6.53. The van der Waals surface area contributed by atoms with E-state index in [0.717, 1.165) is 16.0 Å². The highest BCUT2D eigenvalue weighted by atomic mass is 32.2. The van der Waals surface area contributed by atoms with Crippen LogP contribution < -0.4 is 5.14 Å². The van der Waals surface area contributed by atoms with Crippen molar-refractivity contribution in [3.8, 4) is 0 Å². The number of sulfonamides is 1. The summed E-state index contributed by atoms with van der Waals surface area (Å²) in [5.41, 5.74) is 1.29. The van der Waals surface area contributed by atoms with Crippen LogP contribution in [-0.4, -0.2) is 23.5 Å². The van der Waals surface area contributed by atoms with E-state index >= 15 is 0 Å². The molecule has 2 heterocycles. The molecule has 0 radical (unpaired) electrons. The highest BCUT2D eigenvalue weighted by Crippen LogP contribution is 2.35. The zero-order valence-corrected chi connectivity index (χ0v) is 16.1. The first-order chi connectivity index (χ1) is 12.2. The molecule has 0 aliphatic heterocycles. The molecule has 0 aliphatic carbocycles. The number of hydrogen-bond acceptors (Lipinski definition) is 5. The standard InChI is InChI=1S/C18H21N3O3S2/c1-12(2)18(22,16-10-20-11-21-16)14-5-3-13(4-6-14)9-15-7-8-17(25-15)26(19,23)24/h3-8,10-12,22H,9H2,1-2H3,(H,20,21)(H2,19,23,24). The summed E-state index contributed by atoms with van der Waals surface area (Å²) in [6, 6.07) is 11.0. The van der Waals surface area contributed by atoms with Gasteiger partial charge in [0.2, 0.25) is 10.0 Å². The van der Waals surface area contributed by atoms with Crippen molar-refractivity contribution in [3.63, 3.8) is 0 Å². The van der Waals surface area contributed by atoms with Crippen LogP contribution in [0.4, 0.5) is 0 Å². The molecule has 6 nitrogen and oxygen atoms in total. The maximum Gasteiger partial charge on any atom is 0.247 e. The molecule has 0 bridgehead atoms. The van der Waals surface area contributed by atoms with Gasteiger partial charge >= 0.3 is 0 Å². The van der Waals surface area contributed by atoms with E-state index in [-0.39, 0.29) is 10.1 Å². The lowest BCUT2D eigenvalue weighted by Crippen LogP contribution is -2.33. The van der Waals surface area contributed by atoms with E-state index in [1.165, 1.54) is 17.4 Å². The van der Waals surface area contributed by atoms with Gasteiger partial charge in [0.1, 0.15) is 9.81 Å². The SMILES string of the molecule is CC(C)C(O)(c1ccc(Cc2ccc(S(N)(=O)=O)s2)cc1)c1cnc[nH]1. The number of nitrogens with one attached hydrogen (secondary N) is 1. The number of H-pyrrole nitrogens is 1. The van der Waals surface area contributed by atoms with Crippen LogP contribution in [0.25, 0.3) is 0 Å². The maximum atomic E-state index is 11.4. The summed E-state index contributed by atoms with van der Waals surface area (Å²) in [6.07, 6.45) is 3.79. The first-order valence-electron chi connectivity index (χ1n) is 8.13. The van der Waals surface area contributed by atoms with E-state index in [1.807, 2.05) is 38.1 Å². The topological polar surface area (TPSA) is 109 Å². The van der Waals surface area contributed by atoms with Crippen LogP contribution in [-0.2, 0) is 22.0 Å². The quantitative estimate of drug-likeness (QED) is 0.600. The van der Waals surface area contributed by atoms with E-state index < -0.39 is 15.6 Å².